The Morgan fingerprint density at radius 2 is 1.71 bits per heavy atom. The van der Waals surface area contributed by atoms with Gasteiger partial charge in [-0.1, -0.05) is 31.4 Å². The Balaban J connectivity index is 1.68. The average molecular weight is 290 g/mol. The second-order valence-corrected chi connectivity index (χ2v) is 5.40. The van der Waals surface area contributed by atoms with Gasteiger partial charge in [-0.3, -0.25) is 9.59 Å². The van der Waals surface area contributed by atoms with Gasteiger partial charge < -0.3 is 15.7 Å². The van der Waals surface area contributed by atoms with E-state index in [4.69, 9.17) is 0 Å². The fourth-order valence-corrected chi connectivity index (χ4v) is 2.63. The van der Waals surface area contributed by atoms with Gasteiger partial charge in [0.1, 0.15) is 5.75 Å². The number of hydrogen-bond acceptors (Lipinski definition) is 3. The first-order valence-electron chi connectivity index (χ1n) is 7.52. The SMILES string of the molecule is O=C(NCCNC(=O)C1CCCCC1)c1ccccc1O. The van der Waals surface area contributed by atoms with Crippen LogP contribution < -0.4 is 10.6 Å². The van der Waals surface area contributed by atoms with Crippen molar-refractivity contribution in [2.45, 2.75) is 32.1 Å². The maximum absolute atomic E-state index is 11.9. The molecule has 1 aromatic carbocycles. The zero-order chi connectivity index (χ0) is 15.1. The van der Waals surface area contributed by atoms with Crippen molar-refractivity contribution in [2.24, 2.45) is 5.92 Å². The number of phenolic OH excluding ortho intramolecular Hbond substituents is 1. The van der Waals surface area contributed by atoms with Crippen LogP contribution in [0.4, 0.5) is 0 Å². The molecule has 1 saturated carbocycles. The smallest absolute Gasteiger partial charge is 0.255 e. The molecule has 0 aliphatic heterocycles. The van der Waals surface area contributed by atoms with Crippen LogP contribution in [0.15, 0.2) is 24.3 Å². The molecule has 0 bridgehead atoms. The topological polar surface area (TPSA) is 78.4 Å². The summed E-state index contributed by atoms with van der Waals surface area (Å²) >= 11 is 0. The molecular formula is C16H22N2O3. The van der Waals surface area contributed by atoms with Gasteiger partial charge in [0.25, 0.3) is 5.91 Å². The zero-order valence-electron chi connectivity index (χ0n) is 12.1. The first-order chi connectivity index (χ1) is 10.2. The molecule has 0 radical (unpaired) electrons. The van der Waals surface area contributed by atoms with Crippen LogP contribution in [0.3, 0.4) is 0 Å². The van der Waals surface area contributed by atoms with Crippen molar-refractivity contribution < 1.29 is 14.7 Å². The fourth-order valence-electron chi connectivity index (χ4n) is 2.63. The number of hydrogen-bond donors (Lipinski definition) is 3. The van der Waals surface area contributed by atoms with Gasteiger partial charge in [0.05, 0.1) is 5.56 Å². The maximum atomic E-state index is 11.9. The molecule has 0 spiro atoms. The van der Waals surface area contributed by atoms with E-state index in [9.17, 15) is 14.7 Å². The predicted octanol–water partition coefficient (Wildman–Crippen LogP) is 1.82. The van der Waals surface area contributed by atoms with Gasteiger partial charge in [-0.2, -0.15) is 0 Å². The third kappa shape index (κ3) is 4.48. The summed E-state index contributed by atoms with van der Waals surface area (Å²) in [7, 11) is 0. The minimum atomic E-state index is -0.333. The molecule has 0 saturated heterocycles. The van der Waals surface area contributed by atoms with E-state index >= 15 is 0 Å². The Kier molecular flexibility index (Phi) is 5.60. The molecule has 1 aromatic rings. The highest BCUT2D eigenvalue weighted by atomic mass is 16.3. The van der Waals surface area contributed by atoms with E-state index in [1.807, 2.05) is 0 Å². The molecule has 5 heteroatoms. The lowest BCUT2D eigenvalue weighted by molar-refractivity contribution is -0.125. The number of amides is 2. The number of rotatable bonds is 5. The van der Waals surface area contributed by atoms with Crippen molar-refractivity contribution in [3.63, 3.8) is 0 Å². The molecule has 2 rings (SSSR count). The summed E-state index contributed by atoms with van der Waals surface area (Å²) < 4.78 is 0. The molecule has 1 aliphatic rings. The highest BCUT2D eigenvalue weighted by Crippen LogP contribution is 2.23. The van der Waals surface area contributed by atoms with Gasteiger partial charge in [0, 0.05) is 19.0 Å². The van der Waals surface area contributed by atoms with Crippen LogP contribution >= 0.6 is 0 Å². The number of aromatic hydroxyl groups is 1. The summed E-state index contributed by atoms with van der Waals surface area (Å²) in [6, 6.07) is 6.39. The van der Waals surface area contributed by atoms with E-state index in [0.717, 1.165) is 25.7 Å². The molecule has 0 aromatic heterocycles. The minimum Gasteiger partial charge on any atom is -0.507 e. The van der Waals surface area contributed by atoms with Crippen LogP contribution in [-0.4, -0.2) is 30.0 Å². The van der Waals surface area contributed by atoms with Crippen molar-refractivity contribution in [1.82, 2.24) is 10.6 Å². The molecule has 0 unspecified atom stereocenters. The molecule has 2 amide bonds. The van der Waals surface area contributed by atoms with E-state index in [1.165, 1.54) is 12.5 Å². The molecule has 0 atom stereocenters. The summed E-state index contributed by atoms with van der Waals surface area (Å²) in [6.07, 6.45) is 5.41. The van der Waals surface area contributed by atoms with Crippen molar-refractivity contribution >= 4 is 11.8 Å². The Morgan fingerprint density at radius 1 is 1.05 bits per heavy atom. The lowest BCUT2D eigenvalue weighted by Gasteiger charge is -2.20. The molecule has 1 fully saturated rings. The van der Waals surface area contributed by atoms with Crippen molar-refractivity contribution in [2.75, 3.05) is 13.1 Å². The second-order valence-electron chi connectivity index (χ2n) is 5.40. The third-order valence-corrected chi connectivity index (χ3v) is 3.83. The number of carbonyl (C=O) groups excluding carboxylic acids is 2. The molecule has 5 nitrogen and oxygen atoms in total. The molecular weight excluding hydrogens is 268 g/mol. The van der Waals surface area contributed by atoms with Gasteiger partial charge in [0.15, 0.2) is 0 Å². The van der Waals surface area contributed by atoms with Gasteiger partial charge in [0.2, 0.25) is 5.91 Å². The van der Waals surface area contributed by atoms with Gasteiger partial charge in [-0.25, -0.2) is 0 Å². The highest BCUT2D eigenvalue weighted by Gasteiger charge is 2.20. The largest absolute Gasteiger partial charge is 0.507 e. The van der Waals surface area contributed by atoms with Crippen molar-refractivity contribution in [3.8, 4) is 5.75 Å². The van der Waals surface area contributed by atoms with E-state index in [-0.39, 0.29) is 29.0 Å². The van der Waals surface area contributed by atoms with Gasteiger partial charge in [-0.15, -0.1) is 0 Å². The Labute approximate surface area is 124 Å². The molecule has 21 heavy (non-hydrogen) atoms. The summed E-state index contributed by atoms with van der Waals surface area (Å²) in [5.41, 5.74) is 0.246. The number of benzene rings is 1. The standard InChI is InChI=1S/C16H22N2O3/c19-14-9-5-4-8-13(14)16(21)18-11-10-17-15(20)12-6-2-1-3-7-12/h4-5,8-9,12,19H,1-3,6-7,10-11H2,(H,17,20)(H,18,21). The van der Waals surface area contributed by atoms with Gasteiger partial charge >= 0.3 is 0 Å². The lowest BCUT2D eigenvalue weighted by Crippen LogP contribution is -2.38. The summed E-state index contributed by atoms with van der Waals surface area (Å²) in [5.74, 6) is -0.152. The monoisotopic (exact) mass is 290 g/mol. The van der Waals surface area contributed by atoms with Crippen LogP contribution in [0.25, 0.3) is 0 Å². The Morgan fingerprint density at radius 3 is 2.43 bits per heavy atom. The highest BCUT2D eigenvalue weighted by molar-refractivity contribution is 5.96. The summed E-state index contributed by atoms with van der Waals surface area (Å²) in [6.45, 7) is 0.764. The van der Waals surface area contributed by atoms with E-state index in [0.29, 0.717) is 13.1 Å². The van der Waals surface area contributed by atoms with E-state index < -0.39 is 0 Å². The van der Waals surface area contributed by atoms with Crippen molar-refractivity contribution in [3.05, 3.63) is 29.8 Å². The van der Waals surface area contributed by atoms with Crippen molar-refractivity contribution in [1.29, 1.82) is 0 Å². The van der Waals surface area contributed by atoms with E-state index in [2.05, 4.69) is 10.6 Å². The lowest BCUT2D eigenvalue weighted by atomic mass is 9.89. The van der Waals surface area contributed by atoms with Gasteiger partial charge in [-0.05, 0) is 25.0 Å². The van der Waals surface area contributed by atoms with E-state index in [1.54, 1.807) is 18.2 Å². The zero-order valence-corrected chi connectivity index (χ0v) is 12.1. The Bertz CT molecular complexity index is 496. The average Bonchev–Trinajstić information content (AvgIpc) is 2.52. The van der Waals surface area contributed by atoms with Crippen LogP contribution in [0.2, 0.25) is 0 Å². The van der Waals surface area contributed by atoms with Crippen LogP contribution in [0, 0.1) is 5.92 Å². The van der Waals surface area contributed by atoms with Crippen LogP contribution in [-0.2, 0) is 4.79 Å². The predicted molar refractivity (Wildman–Crippen MR) is 80.0 cm³/mol. The van der Waals surface area contributed by atoms with Crippen LogP contribution in [0.5, 0.6) is 5.75 Å². The second kappa shape index (κ2) is 7.67. The molecule has 114 valence electrons. The quantitative estimate of drug-likeness (QED) is 0.724. The first-order valence-corrected chi connectivity index (χ1v) is 7.52. The van der Waals surface area contributed by atoms with Crippen LogP contribution in [0.1, 0.15) is 42.5 Å². The molecule has 0 heterocycles. The maximum Gasteiger partial charge on any atom is 0.255 e. The number of para-hydroxylation sites is 1. The third-order valence-electron chi connectivity index (χ3n) is 3.83. The Hall–Kier alpha value is -2.04. The number of nitrogens with one attached hydrogen (secondary N) is 2. The number of phenols is 1. The normalized spacial score (nSPS) is 15.4. The minimum absolute atomic E-state index is 0.0405. The summed E-state index contributed by atoms with van der Waals surface area (Å²) in [5, 5.41) is 15.1. The molecule has 3 N–H and O–H groups in total. The fraction of sp³-hybridized carbons (Fsp3) is 0.500. The number of carbonyl (C=O) groups is 2. The first kappa shape index (κ1) is 15.4. The molecule has 1 aliphatic carbocycles. The summed E-state index contributed by atoms with van der Waals surface area (Å²) in [4.78, 5) is 23.7.